The lowest BCUT2D eigenvalue weighted by Gasteiger charge is -2.18. The Morgan fingerprint density at radius 2 is 1.83 bits per heavy atom. The highest BCUT2D eigenvalue weighted by molar-refractivity contribution is 5.20. The quantitative estimate of drug-likeness (QED) is 0.806. The molecule has 0 saturated heterocycles. The summed E-state index contributed by atoms with van der Waals surface area (Å²) < 4.78 is 66.2. The van der Waals surface area contributed by atoms with Gasteiger partial charge in [0.05, 0.1) is 12.6 Å². The van der Waals surface area contributed by atoms with E-state index in [0.717, 1.165) is 6.07 Å². The van der Waals surface area contributed by atoms with E-state index in [-0.39, 0.29) is 5.56 Å². The van der Waals surface area contributed by atoms with E-state index >= 15 is 0 Å². The van der Waals surface area contributed by atoms with Crippen LogP contribution in [0.25, 0.3) is 0 Å². The van der Waals surface area contributed by atoms with Gasteiger partial charge in [-0.1, -0.05) is 18.2 Å². The number of rotatable bonds is 6. The van der Waals surface area contributed by atoms with Gasteiger partial charge in [0.25, 0.3) is 0 Å². The van der Waals surface area contributed by atoms with E-state index < -0.39 is 37.4 Å². The molecule has 18 heavy (non-hydrogen) atoms. The normalized spacial score (nSPS) is 13.9. The van der Waals surface area contributed by atoms with Crippen LogP contribution in [0.15, 0.2) is 24.3 Å². The van der Waals surface area contributed by atoms with E-state index in [1.165, 1.54) is 18.2 Å². The van der Waals surface area contributed by atoms with Gasteiger partial charge in [-0.25, -0.2) is 13.2 Å². The highest BCUT2D eigenvalue weighted by atomic mass is 19.3. The predicted molar refractivity (Wildman–Crippen MR) is 55.1 cm³/mol. The molecule has 0 spiro atoms. The molecule has 1 rings (SSSR count). The van der Waals surface area contributed by atoms with E-state index in [2.05, 4.69) is 4.74 Å². The number of ether oxygens (including phenoxy) is 1. The highest BCUT2D eigenvalue weighted by Gasteiger charge is 2.41. The summed E-state index contributed by atoms with van der Waals surface area (Å²) in [6.45, 7) is -1.92. The van der Waals surface area contributed by atoms with E-state index in [1.54, 1.807) is 0 Å². The largest absolute Gasteiger partial charge is 0.373 e. The van der Waals surface area contributed by atoms with Crippen LogP contribution in [0.1, 0.15) is 11.6 Å². The zero-order valence-corrected chi connectivity index (χ0v) is 9.25. The minimum atomic E-state index is -4.23. The first-order valence-corrected chi connectivity index (χ1v) is 5.08. The van der Waals surface area contributed by atoms with Gasteiger partial charge in [0.1, 0.15) is 12.4 Å². The van der Waals surface area contributed by atoms with Gasteiger partial charge in [-0.05, 0) is 6.07 Å². The Morgan fingerprint density at radius 3 is 2.39 bits per heavy atom. The van der Waals surface area contributed by atoms with Crippen LogP contribution in [0.4, 0.5) is 22.0 Å². The molecular weight excluding hydrogens is 257 g/mol. The molecule has 1 atom stereocenters. The molecule has 1 aromatic carbocycles. The van der Waals surface area contributed by atoms with Crippen molar-refractivity contribution in [1.29, 1.82) is 0 Å². The van der Waals surface area contributed by atoms with Gasteiger partial charge in [0.15, 0.2) is 0 Å². The number of hydrogen-bond donors (Lipinski definition) is 1. The van der Waals surface area contributed by atoms with E-state index in [0.29, 0.717) is 0 Å². The summed E-state index contributed by atoms with van der Waals surface area (Å²) >= 11 is 0. The summed E-state index contributed by atoms with van der Waals surface area (Å²) in [6.07, 6.45) is -3.80. The second kappa shape index (κ2) is 6.10. The number of hydrogen-bond acceptors (Lipinski definition) is 2. The number of alkyl halides is 4. The molecule has 0 aliphatic rings. The molecule has 2 nitrogen and oxygen atoms in total. The minimum Gasteiger partial charge on any atom is -0.373 e. The molecule has 0 aromatic heterocycles. The Morgan fingerprint density at radius 1 is 1.22 bits per heavy atom. The average molecular weight is 269 g/mol. The monoisotopic (exact) mass is 269 g/mol. The molecule has 0 heterocycles. The maximum Gasteiger partial charge on any atom is 0.330 e. The number of nitrogens with two attached hydrogens (primary N) is 1. The van der Waals surface area contributed by atoms with Crippen LogP contribution in [-0.2, 0) is 4.74 Å². The summed E-state index contributed by atoms with van der Waals surface area (Å²) in [5.41, 5.74) is 5.59. The zero-order chi connectivity index (χ0) is 13.8. The molecule has 102 valence electrons. The molecule has 7 heteroatoms. The lowest BCUT2D eigenvalue weighted by atomic mass is 10.1. The van der Waals surface area contributed by atoms with Crippen LogP contribution < -0.4 is 5.73 Å². The van der Waals surface area contributed by atoms with Crippen molar-refractivity contribution in [3.8, 4) is 0 Å². The standard InChI is InChI=1S/C11H12F5NO/c12-8-4-2-1-3-7(8)9(17)5-18-6-11(15,16)10(13)14/h1-4,9-10H,5-6,17H2. The first-order valence-electron chi connectivity index (χ1n) is 5.08. The maximum atomic E-state index is 13.2. The Balaban J connectivity index is 2.48. The number of benzene rings is 1. The Hall–Kier alpha value is -1.21. The van der Waals surface area contributed by atoms with Gasteiger partial charge < -0.3 is 10.5 Å². The summed E-state index contributed by atoms with van der Waals surface area (Å²) in [7, 11) is 0. The van der Waals surface area contributed by atoms with Crippen LogP contribution in [-0.4, -0.2) is 25.6 Å². The third-order valence-electron chi connectivity index (χ3n) is 2.22. The van der Waals surface area contributed by atoms with E-state index in [4.69, 9.17) is 5.73 Å². The lowest BCUT2D eigenvalue weighted by molar-refractivity contribution is -0.166. The average Bonchev–Trinajstić information content (AvgIpc) is 2.29. The summed E-state index contributed by atoms with van der Waals surface area (Å²) in [4.78, 5) is 0. The Kier molecular flexibility index (Phi) is 5.03. The van der Waals surface area contributed by atoms with Gasteiger partial charge >= 0.3 is 12.3 Å². The molecule has 0 aliphatic heterocycles. The first-order chi connectivity index (χ1) is 8.34. The third kappa shape index (κ3) is 3.92. The first kappa shape index (κ1) is 14.8. The van der Waals surface area contributed by atoms with Gasteiger partial charge in [-0.2, -0.15) is 8.78 Å². The Bertz CT molecular complexity index is 385. The SMILES string of the molecule is NC(COCC(F)(F)C(F)F)c1ccccc1F. The topological polar surface area (TPSA) is 35.2 Å². The van der Waals surface area contributed by atoms with Crippen LogP contribution in [0.5, 0.6) is 0 Å². The lowest BCUT2D eigenvalue weighted by Crippen LogP contribution is -2.33. The fourth-order valence-electron chi connectivity index (χ4n) is 1.25. The molecule has 2 N–H and O–H groups in total. The Labute approximate surface area is 101 Å². The van der Waals surface area contributed by atoms with Crippen molar-refractivity contribution in [2.24, 2.45) is 5.73 Å². The molecule has 0 fully saturated rings. The zero-order valence-electron chi connectivity index (χ0n) is 9.25. The predicted octanol–water partition coefficient (Wildman–Crippen LogP) is 2.74. The van der Waals surface area contributed by atoms with Crippen molar-refractivity contribution in [3.05, 3.63) is 35.6 Å². The van der Waals surface area contributed by atoms with Crippen molar-refractivity contribution in [3.63, 3.8) is 0 Å². The maximum absolute atomic E-state index is 13.2. The van der Waals surface area contributed by atoms with Gasteiger partial charge in [0.2, 0.25) is 0 Å². The van der Waals surface area contributed by atoms with Crippen LogP contribution in [0.2, 0.25) is 0 Å². The molecule has 0 radical (unpaired) electrons. The van der Waals surface area contributed by atoms with Crippen molar-refractivity contribution in [2.45, 2.75) is 18.4 Å². The fraction of sp³-hybridized carbons (Fsp3) is 0.455. The molecule has 0 bridgehead atoms. The minimum absolute atomic E-state index is 0.0814. The van der Waals surface area contributed by atoms with E-state index in [1.807, 2.05) is 0 Å². The van der Waals surface area contributed by atoms with Crippen molar-refractivity contribution >= 4 is 0 Å². The smallest absolute Gasteiger partial charge is 0.330 e. The van der Waals surface area contributed by atoms with Crippen molar-refractivity contribution < 1.29 is 26.7 Å². The van der Waals surface area contributed by atoms with E-state index in [9.17, 15) is 22.0 Å². The number of halogens is 5. The molecule has 0 saturated carbocycles. The molecule has 0 aliphatic carbocycles. The van der Waals surface area contributed by atoms with Crippen LogP contribution in [0.3, 0.4) is 0 Å². The van der Waals surface area contributed by atoms with Crippen molar-refractivity contribution in [1.82, 2.24) is 0 Å². The summed E-state index contributed by atoms with van der Waals surface area (Å²) in [5.74, 6) is -4.83. The van der Waals surface area contributed by atoms with Crippen LogP contribution in [0, 0.1) is 5.82 Å². The highest BCUT2D eigenvalue weighted by Crippen LogP contribution is 2.23. The van der Waals surface area contributed by atoms with Crippen molar-refractivity contribution in [2.75, 3.05) is 13.2 Å². The van der Waals surface area contributed by atoms with Crippen LogP contribution >= 0.6 is 0 Å². The second-order valence-electron chi connectivity index (χ2n) is 3.70. The second-order valence-corrected chi connectivity index (χ2v) is 3.70. The third-order valence-corrected chi connectivity index (χ3v) is 2.22. The van der Waals surface area contributed by atoms with Gasteiger partial charge in [-0.15, -0.1) is 0 Å². The molecular formula is C11H12F5NO. The molecule has 1 unspecified atom stereocenters. The molecule has 0 amide bonds. The summed E-state index contributed by atoms with van der Waals surface area (Å²) in [6, 6.07) is 4.50. The molecule has 1 aromatic rings. The van der Waals surface area contributed by atoms with Gasteiger partial charge in [0, 0.05) is 5.56 Å². The van der Waals surface area contributed by atoms with Gasteiger partial charge in [-0.3, -0.25) is 0 Å². The fourth-order valence-corrected chi connectivity index (χ4v) is 1.25. The summed E-state index contributed by atoms with van der Waals surface area (Å²) in [5, 5.41) is 0.